The Labute approximate surface area is 139 Å². The van der Waals surface area contributed by atoms with Crippen molar-refractivity contribution in [2.24, 2.45) is 10.7 Å². The Morgan fingerprint density at radius 1 is 1.17 bits per heavy atom. The second-order valence-electron chi connectivity index (χ2n) is 5.31. The van der Waals surface area contributed by atoms with E-state index in [-0.39, 0.29) is 11.7 Å². The molecular weight excluding hydrogens is 310 g/mol. The summed E-state index contributed by atoms with van der Waals surface area (Å²) < 4.78 is 0. The summed E-state index contributed by atoms with van der Waals surface area (Å²) in [5.41, 5.74) is 8.94. The molecule has 0 bridgehead atoms. The number of guanidine groups is 1. The fourth-order valence-electron chi connectivity index (χ4n) is 2.69. The first-order valence-corrected chi connectivity index (χ1v) is 7.60. The van der Waals surface area contributed by atoms with E-state index in [2.05, 4.69) is 10.3 Å². The SMILES string of the molecule is CC(=O)C1=C(c2ccccc2)NC(N)=NC1c1cccc(Cl)c1. The van der Waals surface area contributed by atoms with Crippen molar-refractivity contribution in [3.05, 3.63) is 76.3 Å². The van der Waals surface area contributed by atoms with Crippen molar-refractivity contribution in [3.8, 4) is 0 Å². The van der Waals surface area contributed by atoms with Crippen LogP contribution in [0.2, 0.25) is 5.02 Å². The van der Waals surface area contributed by atoms with E-state index in [4.69, 9.17) is 17.3 Å². The number of nitrogens with two attached hydrogens (primary N) is 1. The molecule has 5 heteroatoms. The number of nitrogens with zero attached hydrogens (tertiary/aromatic N) is 1. The minimum absolute atomic E-state index is 0.0578. The fourth-order valence-corrected chi connectivity index (χ4v) is 2.89. The molecule has 0 spiro atoms. The third-order valence-electron chi connectivity index (χ3n) is 3.67. The number of aliphatic imine (C=N–C) groups is 1. The van der Waals surface area contributed by atoms with Crippen molar-refractivity contribution in [3.63, 3.8) is 0 Å². The smallest absolute Gasteiger partial charge is 0.194 e. The van der Waals surface area contributed by atoms with E-state index < -0.39 is 6.04 Å². The third-order valence-corrected chi connectivity index (χ3v) is 3.91. The Balaban J connectivity index is 2.19. The van der Waals surface area contributed by atoms with Crippen LogP contribution >= 0.6 is 11.6 Å². The first-order valence-electron chi connectivity index (χ1n) is 7.22. The molecule has 0 amide bonds. The normalized spacial score (nSPS) is 17.5. The lowest BCUT2D eigenvalue weighted by Gasteiger charge is -2.26. The van der Waals surface area contributed by atoms with Crippen LogP contribution in [-0.4, -0.2) is 11.7 Å². The molecule has 0 radical (unpaired) electrons. The Kier molecular flexibility index (Phi) is 4.17. The summed E-state index contributed by atoms with van der Waals surface area (Å²) in [4.78, 5) is 16.7. The quantitative estimate of drug-likeness (QED) is 0.909. The van der Waals surface area contributed by atoms with Gasteiger partial charge in [0, 0.05) is 10.6 Å². The van der Waals surface area contributed by atoms with Gasteiger partial charge in [0.15, 0.2) is 11.7 Å². The fraction of sp³-hybridized carbons (Fsp3) is 0.111. The topological polar surface area (TPSA) is 67.5 Å². The summed E-state index contributed by atoms with van der Waals surface area (Å²) in [6, 6.07) is 16.5. The molecule has 0 aromatic heterocycles. The van der Waals surface area contributed by atoms with Crippen LogP contribution in [0.4, 0.5) is 0 Å². The van der Waals surface area contributed by atoms with E-state index in [1.807, 2.05) is 42.5 Å². The number of benzene rings is 2. The monoisotopic (exact) mass is 325 g/mol. The largest absolute Gasteiger partial charge is 0.370 e. The van der Waals surface area contributed by atoms with Crippen LogP contribution in [-0.2, 0) is 4.79 Å². The van der Waals surface area contributed by atoms with Crippen molar-refractivity contribution in [1.82, 2.24) is 5.32 Å². The zero-order valence-electron chi connectivity index (χ0n) is 12.6. The van der Waals surface area contributed by atoms with Gasteiger partial charge in [-0.1, -0.05) is 54.1 Å². The minimum Gasteiger partial charge on any atom is -0.370 e. The molecule has 2 aromatic carbocycles. The third kappa shape index (κ3) is 3.12. The van der Waals surface area contributed by atoms with Gasteiger partial charge >= 0.3 is 0 Å². The Hall–Kier alpha value is -2.59. The molecule has 116 valence electrons. The van der Waals surface area contributed by atoms with E-state index in [1.54, 1.807) is 12.1 Å². The van der Waals surface area contributed by atoms with Gasteiger partial charge in [-0.15, -0.1) is 0 Å². The predicted molar refractivity (Wildman–Crippen MR) is 93.0 cm³/mol. The van der Waals surface area contributed by atoms with Crippen LogP contribution in [0, 0.1) is 0 Å². The molecule has 23 heavy (non-hydrogen) atoms. The average molecular weight is 326 g/mol. The van der Waals surface area contributed by atoms with E-state index >= 15 is 0 Å². The van der Waals surface area contributed by atoms with Gasteiger partial charge in [0.25, 0.3) is 0 Å². The summed E-state index contributed by atoms with van der Waals surface area (Å²) in [6.45, 7) is 1.54. The highest BCUT2D eigenvalue weighted by atomic mass is 35.5. The molecule has 1 heterocycles. The number of carbonyl (C=O) groups excluding carboxylic acids is 1. The summed E-state index contributed by atoms with van der Waals surface area (Å²) in [5, 5.41) is 3.63. The molecule has 0 fully saturated rings. The lowest BCUT2D eigenvalue weighted by Crippen LogP contribution is -2.36. The number of Topliss-reactive ketones (excluding diaryl/α,β-unsaturated/α-hetero) is 1. The number of ketones is 1. The minimum atomic E-state index is -0.470. The molecular formula is C18H16ClN3O. The van der Waals surface area contributed by atoms with Crippen molar-refractivity contribution in [2.75, 3.05) is 0 Å². The Morgan fingerprint density at radius 3 is 2.57 bits per heavy atom. The van der Waals surface area contributed by atoms with Crippen LogP contribution in [0.5, 0.6) is 0 Å². The van der Waals surface area contributed by atoms with Crippen molar-refractivity contribution in [2.45, 2.75) is 13.0 Å². The van der Waals surface area contributed by atoms with Crippen molar-refractivity contribution in [1.29, 1.82) is 0 Å². The highest BCUT2D eigenvalue weighted by Gasteiger charge is 2.28. The highest BCUT2D eigenvalue weighted by molar-refractivity contribution is 6.30. The van der Waals surface area contributed by atoms with Crippen LogP contribution in [0.25, 0.3) is 5.70 Å². The van der Waals surface area contributed by atoms with Gasteiger partial charge in [0.05, 0.1) is 5.70 Å². The first-order chi connectivity index (χ1) is 11.1. The standard InChI is InChI=1S/C18H16ClN3O/c1-11(23)15-16(12-6-3-2-4-7-12)21-18(20)22-17(15)13-8-5-9-14(19)10-13/h2-10,17H,1H3,(H3,20,21,22). The molecule has 0 saturated heterocycles. The zero-order chi connectivity index (χ0) is 16.4. The molecule has 1 aliphatic heterocycles. The van der Waals surface area contributed by atoms with Gasteiger partial charge in [0.1, 0.15) is 6.04 Å². The molecule has 2 aromatic rings. The van der Waals surface area contributed by atoms with E-state index in [0.29, 0.717) is 16.3 Å². The van der Waals surface area contributed by atoms with Gasteiger partial charge < -0.3 is 11.1 Å². The van der Waals surface area contributed by atoms with E-state index in [0.717, 1.165) is 11.1 Å². The van der Waals surface area contributed by atoms with Crippen LogP contribution in [0.1, 0.15) is 24.1 Å². The van der Waals surface area contributed by atoms with Gasteiger partial charge in [-0.05, 0) is 30.2 Å². The average Bonchev–Trinajstić information content (AvgIpc) is 2.54. The number of hydrogen-bond acceptors (Lipinski definition) is 4. The van der Waals surface area contributed by atoms with E-state index in [9.17, 15) is 4.79 Å². The highest BCUT2D eigenvalue weighted by Crippen LogP contribution is 2.34. The molecule has 1 atom stereocenters. The lowest BCUT2D eigenvalue weighted by atomic mass is 9.91. The maximum Gasteiger partial charge on any atom is 0.194 e. The molecule has 0 aliphatic carbocycles. The predicted octanol–water partition coefficient (Wildman–Crippen LogP) is 3.30. The van der Waals surface area contributed by atoms with Crippen LogP contribution in [0.3, 0.4) is 0 Å². The summed E-state index contributed by atoms with van der Waals surface area (Å²) in [7, 11) is 0. The maximum atomic E-state index is 12.3. The van der Waals surface area contributed by atoms with Gasteiger partial charge in [-0.3, -0.25) is 4.79 Å². The van der Waals surface area contributed by atoms with Crippen LogP contribution in [0.15, 0.2) is 65.2 Å². The second kappa shape index (κ2) is 6.26. The van der Waals surface area contributed by atoms with Crippen molar-refractivity contribution >= 4 is 29.0 Å². The number of rotatable bonds is 3. The number of carbonyl (C=O) groups is 1. The second-order valence-corrected chi connectivity index (χ2v) is 5.74. The molecule has 4 nitrogen and oxygen atoms in total. The zero-order valence-corrected chi connectivity index (χ0v) is 13.3. The summed E-state index contributed by atoms with van der Waals surface area (Å²) in [5.74, 6) is 0.219. The van der Waals surface area contributed by atoms with Gasteiger partial charge in [0.2, 0.25) is 0 Å². The molecule has 1 aliphatic rings. The van der Waals surface area contributed by atoms with Crippen LogP contribution < -0.4 is 11.1 Å². The molecule has 1 unspecified atom stereocenters. The summed E-state index contributed by atoms with van der Waals surface area (Å²) >= 11 is 6.08. The lowest BCUT2D eigenvalue weighted by molar-refractivity contribution is -0.113. The molecule has 3 rings (SSSR count). The number of nitrogens with one attached hydrogen (secondary N) is 1. The Bertz CT molecular complexity index is 812. The number of halogens is 1. The molecule has 3 N–H and O–H groups in total. The summed E-state index contributed by atoms with van der Waals surface area (Å²) in [6.07, 6.45) is 0. The van der Waals surface area contributed by atoms with Gasteiger partial charge in [-0.2, -0.15) is 0 Å². The Morgan fingerprint density at radius 2 is 1.91 bits per heavy atom. The number of hydrogen-bond donors (Lipinski definition) is 2. The van der Waals surface area contributed by atoms with E-state index in [1.165, 1.54) is 6.92 Å². The molecule has 0 saturated carbocycles. The first kappa shape index (κ1) is 15.3. The maximum absolute atomic E-state index is 12.3. The van der Waals surface area contributed by atoms with Gasteiger partial charge in [-0.25, -0.2) is 4.99 Å². The van der Waals surface area contributed by atoms with Crippen molar-refractivity contribution < 1.29 is 4.79 Å².